The lowest BCUT2D eigenvalue weighted by Crippen LogP contribution is -2.00. The van der Waals surface area contributed by atoms with E-state index in [9.17, 15) is 5.11 Å². The van der Waals surface area contributed by atoms with Gasteiger partial charge in [0.15, 0.2) is 11.6 Å². The molecule has 0 saturated heterocycles. The van der Waals surface area contributed by atoms with Crippen LogP contribution in [0.3, 0.4) is 0 Å². The SMILES string of the molecule is COc1nc(-c2ccc3c(c2)sc2cc4ccccc4cc23)nc(-c2ccccc2O)n1. The number of hydrogen-bond acceptors (Lipinski definition) is 6. The molecule has 1 N–H and O–H groups in total. The average Bonchev–Trinajstić information content (AvgIpc) is 3.19. The Hall–Kier alpha value is -4.03. The van der Waals surface area contributed by atoms with Crippen molar-refractivity contribution in [2.75, 3.05) is 7.11 Å². The lowest BCUT2D eigenvalue weighted by atomic mass is 10.1. The second-order valence-electron chi connectivity index (χ2n) is 7.49. The Morgan fingerprint density at radius 2 is 1.44 bits per heavy atom. The van der Waals surface area contributed by atoms with Gasteiger partial charge in [0.05, 0.1) is 12.7 Å². The van der Waals surface area contributed by atoms with Gasteiger partial charge < -0.3 is 9.84 Å². The molecule has 0 unspecified atom stereocenters. The van der Waals surface area contributed by atoms with Crippen LogP contribution in [0.2, 0.25) is 0 Å². The quantitative estimate of drug-likeness (QED) is 0.346. The lowest BCUT2D eigenvalue weighted by molar-refractivity contribution is 0.379. The van der Waals surface area contributed by atoms with Crippen LogP contribution in [0.5, 0.6) is 11.8 Å². The number of fused-ring (bicyclic) bond motifs is 4. The topological polar surface area (TPSA) is 68.1 Å². The van der Waals surface area contributed by atoms with E-state index >= 15 is 0 Å². The van der Waals surface area contributed by atoms with Gasteiger partial charge in [-0.3, -0.25) is 0 Å². The fourth-order valence-electron chi connectivity index (χ4n) is 3.96. The second kappa shape index (κ2) is 7.28. The molecule has 0 radical (unpaired) electrons. The van der Waals surface area contributed by atoms with Crippen molar-refractivity contribution in [3.05, 3.63) is 78.9 Å². The standard InChI is InChI=1S/C26H17N3O2S/c1-31-26-28-24(27-25(29-26)19-8-4-5-9-21(19)30)17-10-11-18-20-12-15-6-2-3-7-16(15)13-23(20)32-22(18)14-17/h2-14,30H,1H3. The normalized spacial score (nSPS) is 11.4. The van der Waals surface area contributed by atoms with Crippen LogP contribution in [-0.4, -0.2) is 27.2 Å². The molecule has 0 aliphatic rings. The van der Waals surface area contributed by atoms with Crippen molar-refractivity contribution >= 4 is 42.3 Å². The first-order valence-corrected chi connectivity index (χ1v) is 10.9. The Morgan fingerprint density at radius 3 is 2.25 bits per heavy atom. The average molecular weight is 436 g/mol. The van der Waals surface area contributed by atoms with Crippen LogP contribution in [0, 0.1) is 0 Å². The molecule has 0 fully saturated rings. The number of methoxy groups -OCH3 is 1. The predicted molar refractivity (Wildman–Crippen MR) is 129 cm³/mol. The Morgan fingerprint density at radius 1 is 0.719 bits per heavy atom. The molecule has 0 bridgehead atoms. The monoisotopic (exact) mass is 435 g/mol. The van der Waals surface area contributed by atoms with Gasteiger partial charge in [-0.2, -0.15) is 9.97 Å². The van der Waals surface area contributed by atoms with Crippen molar-refractivity contribution in [2.45, 2.75) is 0 Å². The largest absolute Gasteiger partial charge is 0.507 e. The highest BCUT2D eigenvalue weighted by atomic mass is 32.1. The van der Waals surface area contributed by atoms with Gasteiger partial charge in [-0.25, -0.2) is 4.98 Å². The molecule has 32 heavy (non-hydrogen) atoms. The second-order valence-corrected chi connectivity index (χ2v) is 8.58. The third-order valence-corrected chi connectivity index (χ3v) is 6.66. The molecule has 0 aliphatic heterocycles. The summed E-state index contributed by atoms with van der Waals surface area (Å²) in [5.41, 5.74) is 1.40. The number of phenolic OH excluding ortho intramolecular Hbond substituents is 1. The van der Waals surface area contributed by atoms with E-state index in [2.05, 4.69) is 63.5 Å². The van der Waals surface area contributed by atoms with Crippen molar-refractivity contribution < 1.29 is 9.84 Å². The highest BCUT2D eigenvalue weighted by Crippen LogP contribution is 2.38. The number of aromatic hydroxyl groups is 1. The summed E-state index contributed by atoms with van der Waals surface area (Å²) in [4.78, 5) is 13.4. The molecule has 0 amide bonds. The summed E-state index contributed by atoms with van der Waals surface area (Å²) in [6.45, 7) is 0. The fourth-order valence-corrected chi connectivity index (χ4v) is 5.14. The van der Waals surface area contributed by atoms with Crippen molar-refractivity contribution in [2.24, 2.45) is 0 Å². The van der Waals surface area contributed by atoms with E-state index in [0.29, 0.717) is 17.2 Å². The molecule has 6 aromatic rings. The predicted octanol–water partition coefficient (Wildman–Crippen LogP) is 6.44. The fraction of sp³-hybridized carbons (Fsp3) is 0.0385. The molecule has 0 saturated carbocycles. The number of nitrogens with zero attached hydrogens (tertiary/aromatic N) is 3. The van der Waals surface area contributed by atoms with Crippen molar-refractivity contribution in [3.8, 4) is 34.5 Å². The zero-order valence-electron chi connectivity index (χ0n) is 17.1. The van der Waals surface area contributed by atoms with Gasteiger partial charge in [0.1, 0.15) is 5.75 Å². The summed E-state index contributed by atoms with van der Waals surface area (Å²) in [7, 11) is 1.52. The maximum Gasteiger partial charge on any atom is 0.320 e. The molecule has 4 aromatic carbocycles. The minimum Gasteiger partial charge on any atom is -0.507 e. The number of hydrogen-bond donors (Lipinski definition) is 1. The van der Waals surface area contributed by atoms with Crippen LogP contribution >= 0.6 is 11.3 Å². The summed E-state index contributed by atoms with van der Waals surface area (Å²) < 4.78 is 7.73. The Bertz CT molecular complexity index is 1640. The van der Waals surface area contributed by atoms with Crippen LogP contribution in [0.1, 0.15) is 0 Å². The minimum atomic E-state index is 0.110. The Balaban J connectivity index is 1.53. The molecule has 0 atom stereocenters. The molecular formula is C26H17N3O2S. The Labute approximate surface area is 187 Å². The van der Waals surface area contributed by atoms with Gasteiger partial charge in [-0.1, -0.05) is 48.5 Å². The third-order valence-electron chi connectivity index (χ3n) is 5.54. The summed E-state index contributed by atoms with van der Waals surface area (Å²) in [5, 5.41) is 15.2. The molecule has 0 aliphatic carbocycles. The lowest BCUT2D eigenvalue weighted by Gasteiger charge is -2.08. The van der Waals surface area contributed by atoms with Gasteiger partial charge >= 0.3 is 6.01 Å². The first-order chi connectivity index (χ1) is 15.7. The number of benzene rings is 4. The maximum absolute atomic E-state index is 10.3. The summed E-state index contributed by atoms with van der Waals surface area (Å²) >= 11 is 1.76. The van der Waals surface area contributed by atoms with E-state index in [1.54, 1.807) is 29.5 Å². The highest BCUT2D eigenvalue weighted by molar-refractivity contribution is 7.25. The van der Waals surface area contributed by atoms with Gasteiger partial charge in [-0.05, 0) is 41.1 Å². The number of aromatic nitrogens is 3. The number of ether oxygens (including phenoxy) is 1. The van der Waals surface area contributed by atoms with Gasteiger partial charge in [0, 0.05) is 25.7 Å². The molecule has 154 valence electrons. The van der Waals surface area contributed by atoms with Crippen molar-refractivity contribution in [1.82, 2.24) is 15.0 Å². The summed E-state index contributed by atoms with van der Waals surface area (Å²) in [5.74, 6) is 0.978. The third kappa shape index (κ3) is 3.04. The van der Waals surface area contributed by atoms with Crippen LogP contribution in [0.4, 0.5) is 0 Å². The minimum absolute atomic E-state index is 0.110. The molecule has 2 heterocycles. The van der Waals surface area contributed by atoms with Crippen molar-refractivity contribution in [3.63, 3.8) is 0 Å². The van der Waals surface area contributed by atoms with E-state index in [1.807, 2.05) is 12.1 Å². The number of rotatable bonds is 3. The van der Waals surface area contributed by atoms with E-state index in [1.165, 1.54) is 33.4 Å². The molecule has 0 spiro atoms. The number of para-hydroxylation sites is 1. The zero-order valence-corrected chi connectivity index (χ0v) is 17.9. The first kappa shape index (κ1) is 18.7. The summed E-state index contributed by atoms with van der Waals surface area (Å²) in [6.07, 6.45) is 0. The first-order valence-electron chi connectivity index (χ1n) is 10.1. The highest BCUT2D eigenvalue weighted by Gasteiger charge is 2.15. The van der Waals surface area contributed by atoms with E-state index in [4.69, 9.17) is 4.74 Å². The summed E-state index contributed by atoms with van der Waals surface area (Å²) in [6, 6.07) is 26.3. The van der Waals surface area contributed by atoms with Crippen LogP contribution in [0.15, 0.2) is 78.9 Å². The Kier molecular flexibility index (Phi) is 4.26. The molecule has 6 heteroatoms. The molecule has 6 rings (SSSR count). The molecule has 5 nitrogen and oxygen atoms in total. The van der Waals surface area contributed by atoms with Crippen LogP contribution in [-0.2, 0) is 0 Å². The number of thiophene rings is 1. The molecular weight excluding hydrogens is 418 g/mol. The number of phenols is 1. The maximum atomic E-state index is 10.3. The van der Waals surface area contributed by atoms with Gasteiger partial charge in [0.25, 0.3) is 0 Å². The zero-order chi connectivity index (χ0) is 21.7. The van der Waals surface area contributed by atoms with E-state index < -0.39 is 0 Å². The van der Waals surface area contributed by atoms with E-state index in [0.717, 1.165) is 10.3 Å². The van der Waals surface area contributed by atoms with Crippen LogP contribution in [0.25, 0.3) is 53.7 Å². The van der Waals surface area contributed by atoms with Gasteiger partial charge in [-0.15, -0.1) is 11.3 Å². The molecule has 2 aromatic heterocycles. The smallest absolute Gasteiger partial charge is 0.320 e. The van der Waals surface area contributed by atoms with Gasteiger partial charge in [0.2, 0.25) is 0 Å². The van der Waals surface area contributed by atoms with Crippen LogP contribution < -0.4 is 4.74 Å². The van der Waals surface area contributed by atoms with Crippen molar-refractivity contribution in [1.29, 1.82) is 0 Å². The van der Waals surface area contributed by atoms with E-state index in [-0.39, 0.29) is 11.8 Å².